The molecule has 1 aromatic heterocycles. The molecule has 0 unspecified atom stereocenters. The summed E-state index contributed by atoms with van der Waals surface area (Å²) >= 11 is 5.44. The summed E-state index contributed by atoms with van der Waals surface area (Å²) in [7, 11) is 0. The van der Waals surface area contributed by atoms with Gasteiger partial charge >= 0.3 is 0 Å². The zero-order chi connectivity index (χ0) is 10.1. The maximum atomic E-state index is 3.53. The Balaban J connectivity index is 2.66. The fraction of sp³-hybridized carbons (Fsp3) is 0.333. The number of halogens is 1. The van der Waals surface area contributed by atoms with Crippen LogP contribution in [-0.2, 0) is 11.8 Å². The van der Waals surface area contributed by atoms with Crippen LogP contribution in [0.15, 0.2) is 18.2 Å². The first-order chi connectivity index (χ1) is 6.76. The van der Waals surface area contributed by atoms with Gasteiger partial charge in [0.25, 0.3) is 0 Å². The highest BCUT2D eigenvalue weighted by Gasteiger charge is 2.06. The van der Waals surface area contributed by atoms with Gasteiger partial charge in [0.2, 0.25) is 0 Å². The number of benzene rings is 1. The fourth-order valence-corrected chi connectivity index (χ4v) is 3.56. The lowest BCUT2D eigenvalue weighted by atomic mass is 10.1. The Kier molecular flexibility index (Phi) is 2.93. The predicted octanol–water partition coefficient (Wildman–Crippen LogP) is 4.67. The standard InChI is InChI=1S/C12H13BrS/c1-3-9-4-5-10-8(2)12(7-13)14-11(10)6-9/h4-6H,3,7H2,1-2H3. The van der Waals surface area contributed by atoms with E-state index in [1.807, 2.05) is 11.3 Å². The van der Waals surface area contributed by atoms with Crippen LogP contribution in [0.25, 0.3) is 10.1 Å². The predicted molar refractivity (Wildman–Crippen MR) is 68.6 cm³/mol. The SMILES string of the molecule is CCc1ccc2c(C)c(CBr)sc2c1. The van der Waals surface area contributed by atoms with Crippen LogP contribution in [0.4, 0.5) is 0 Å². The molecule has 0 bridgehead atoms. The van der Waals surface area contributed by atoms with E-state index in [2.05, 4.69) is 48.0 Å². The van der Waals surface area contributed by atoms with Crippen molar-refractivity contribution in [2.24, 2.45) is 0 Å². The molecule has 2 heteroatoms. The second-order valence-corrected chi connectivity index (χ2v) is 5.17. The van der Waals surface area contributed by atoms with E-state index in [0.717, 1.165) is 11.8 Å². The van der Waals surface area contributed by atoms with E-state index in [9.17, 15) is 0 Å². The van der Waals surface area contributed by atoms with Crippen molar-refractivity contribution in [3.63, 3.8) is 0 Å². The molecule has 74 valence electrons. The van der Waals surface area contributed by atoms with Crippen LogP contribution in [0, 0.1) is 6.92 Å². The Labute approximate surface area is 97.1 Å². The van der Waals surface area contributed by atoms with Gasteiger partial charge in [-0.2, -0.15) is 0 Å². The lowest BCUT2D eigenvalue weighted by molar-refractivity contribution is 1.15. The van der Waals surface area contributed by atoms with Gasteiger partial charge in [0.05, 0.1) is 0 Å². The van der Waals surface area contributed by atoms with Crippen molar-refractivity contribution in [3.8, 4) is 0 Å². The molecule has 2 rings (SSSR count). The Morgan fingerprint density at radius 1 is 1.36 bits per heavy atom. The molecule has 0 radical (unpaired) electrons. The highest BCUT2D eigenvalue weighted by atomic mass is 79.9. The molecule has 14 heavy (non-hydrogen) atoms. The summed E-state index contributed by atoms with van der Waals surface area (Å²) in [4.78, 5) is 1.45. The fourth-order valence-electron chi connectivity index (χ4n) is 1.67. The summed E-state index contributed by atoms with van der Waals surface area (Å²) in [6.45, 7) is 4.41. The lowest BCUT2D eigenvalue weighted by Crippen LogP contribution is -1.78. The van der Waals surface area contributed by atoms with Gasteiger partial charge in [-0.05, 0) is 35.9 Å². The van der Waals surface area contributed by atoms with Crippen molar-refractivity contribution >= 4 is 37.4 Å². The van der Waals surface area contributed by atoms with Gasteiger partial charge < -0.3 is 0 Å². The van der Waals surface area contributed by atoms with Gasteiger partial charge in [-0.3, -0.25) is 0 Å². The molecule has 0 aliphatic carbocycles. The van der Waals surface area contributed by atoms with Crippen molar-refractivity contribution in [2.75, 3.05) is 0 Å². The summed E-state index contributed by atoms with van der Waals surface area (Å²) < 4.78 is 1.43. The average molecular weight is 269 g/mol. The van der Waals surface area contributed by atoms with Gasteiger partial charge in [0.15, 0.2) is 0 Å². The molecular weight excluding hydrogens is 256 g/mol. The first-order valence-electron chi connectivity index (χ1n) is 4.83. The molecular formula is C12H13BrS. The topological polar surface area (TPSA) is 0 Å². The van der Waals surface area contributed by atoms with Crippen LogP contribution in [0.3, 0.4) is 0 Å². The molecule has 0 spiro atoms. The van der Waals surface area contributed by atoms with Crippen molar-refractivity contribution in [2.45, 2.75) is 25.6 Å². The van der Waals surface area contributed by atoms with Crippen molar-refractivity contribution in [3.05, 3.63) is 34.2 Å². The number of hydrogen-bond acceptors (Lipinski definition) is 1. The normalized spacial score (nSPS) is 11.1. The van der Waals surface area contributed by atoms with Crippen LogP contribution in [0.1, 0.15) is 22.9 Å². The van der Waals surface area contributed by atoms with Crippen LogP contribution >= 0.6 is 27.3 Å². The average Bonchev–Trinajstić information content (AvgIpc) is 2.55. The second-order valence-electron chi connectivity index (χ2n) is 3.47. The van der Waals surface area contributed by atoms with Crippen LogP contribution in [0.2, 0.25) is 0 Å². The Morgan fingerprint density at radius 3 is 2.79 bits per heavy atom. The van der Waals surface area contributed by atoms with Gasteiger partial charge in [0, 0.05) is 14.9 Å². The summed E-state index contributed by atoms with van der Waals surface area (Å²) in [5, 5.41) is 2.39. The molecule has 0 N–H and O–H groups in total. The van der Waals surface area contributed by atoms with Crippen molar-refractivity contribution < 1.29 is 0 Å². The van der Waals surface area contributed by atoms with Crippen LogP contribution in [0.5, 0.6) is 0 Å². The third-order valence-corrected chi connectivity index (χ3v) is 4.82. The summed E-state index contributed by atoms with van der Waals surface area (Å²) in [6, 6.07) is 6.81. The number of thiophene rings is 1. The molecule has 1 heterocycles. The minimum absolute atomic E-state index is 0.972. The monoisotopic (exact) mass is 268 g/mol. The highest BCUT2D eigenvalue weighted by molar-refractivity contribution is 9.08. The second kappa shape index (κ2) is 4.03. The van der Waals surface area contributed by atoms with Crippen molar-refractivity contribution in [1.29, 1.82) is 0 Å². The van der Waals surface area contributed by atoms with Gasteiger partial charge in [-0.15, -0.1) is 11.3 Å². The molecule has 0 saturated carbocycles. The zero-order valence-corrected chi connectivity index (χ0v) is 10.8. The van der Waals surface area contributed by atoms with Gasteiger partial charge in [-0.1, -0.05) is 35.0 Å². The Morgan fingerprint density at radius 2 is 2.14 bits per heavy atom. The molecule has 0 nitrogen and oxygen atoms in total. The summed E-state index contributed by atoms with van der Waals surface area (Å²) in [6.07, 6.45) is 1.12. The molecule has 0 saturated heterocycles. The third-order valence-electron chi connectivity index (χ3n) is 2.63. The number of rotatable bonds is 2. The van der Waals surface area contributed by atoms with E-state index in [1.165, 1.54) is 26.1 Å². The van der Waals surface area contributed by atoms with Crippen LogP contribution < -0.4 is 0 Å². The molecule has 2 aromatic rings. The quantitative estimate of drug-likeness (QED) is 0.695. The Bertz CT molecular complexity index is 457. The van der Waals surface area contributed by atoms with Crippen molar-refractivity contribution in [1.82, 2.24) is 0 Å². The molecule has 0 aliphatic heterocycles. The number of fused-ring (bicyclic) bond motifs is 1. The zero-order valence-electron chi connectivity index (χ0n) is 8.43. The molecule has 0 amide bonds. The van der Waals surface area contributed by atoms with E-state index in [1.54, 1.807) is 0 Å². The van der Waals surface area contributed by atoms with E-state index >= 15 is 0 Å². The lowest BCUT2D eigenvalue weighted by Gasteiger charge is -1.96. The smallest absolute Gasteiger partial charge is 0.0380 e. The summed E-state index contributed by atoms with van der Waals surface area (Å²) in [5.41, 5.74) is 2.87. The minimum atomic E-state index is 0.972. The van der Waals surface area contributed by atoms with Gasteiger partial charge in [0.1, 0.15) is 0 Å². The first-order valence-corrected chi connectivity index (χ1v) is 6.77. The van der Waals surface area contributed by atoms with E-state index < -0.39 is 0 Å². The maximum Gasteiger partial charge on any atom is 0.0380 e. The van der Waals surface area contributed by atoms with Gasteiger partial charge in [-0.25, -0.2) is 0 Å². The number of aryl methyl sites for hydroxylation is 2. The maximum absolute atomic E-state index is 3.53. The third kappa shape index (κ3) is 1.61. The molecule has 0 atom stereocenters. The Hall–Kier alpha value is -0.340. The molecule has 1 aromatic carbocycles. The van der Waals surface area contributed by atoms with Crippen LogP contribution in [-0.4, -0.2) is 0 Å². The minimum Gasteiger partial charge on any atom is -0.139 e. The van der Waals surface area contributed by atoms with E-state index in [0.29, 0.717) is 0 Å². The molecule has 0 aliphatic rings. The first kappa shape index (κ1) is 10.2. The highest BCUT2D eigenvalue weighted by Crippen LogP contribution is 2.32. The van der Waals surface area contributed by atoms with E-state index in [4.69, 9.17) is 0 Å². The van der Waals surface area contributed by atoms with E-state index in [-0.39, 0.29) is 0 Å². The number of alkyl halides is 1. The largest absolute Gasteiger partial charge is 0.139 e. The summed E-state index contributed by atoms with van der Waals surface area (Å²) in [5.74, 6) is 0. The number of hydrogen-bond donors (Lipinski definition) is 0. The molecule has 0 fully saturated rings.